The van der Waals surface area contributed by atoms with Gasteiger partial charge in [-0.05, 0) is 19.1 Å². The van der Waals surface area contributed by atoms with E-state index in [1.165, 1.54) is 0 Å². The Kier molecular flexibility index (Phi) is 4.30. The molecule has 0 saturated heterocycles. The molecule has 0 aliphatic rings. The number of hydrogen-bond acceptors (Lipinski definition) is 2. The van der Waals surface area contributed by atoms with E-state index in [0.29, 0.717) is 12.2 Å². The third-order valence-electron chi connectivity index (χ3n) is 1.46. The van der Waals surface area contributed by atoms with E-state index >= 15 is 0 Å². The van der Waals surface area contributed by atoms with Gasteiger partial charge in [0.05, 0.1) is 0 Å². The van der Waals surface area contributed by atoms with Gasteiger partial charge in [-0.3, -0.25) is 4.79 Å². The van der Waals surface area contributed by atoms with Gasteiger partial charge in [-0.15, -0.1) is 5.92 Å². The van der Waals surface area contributed by atoms with Gasteiger partial charge in [-0.25, -0.2) is 0 Å². The number of esters is 1. The Morgan fingerprint density at radius 3 is 2.64 bits per heavy atom. The molecule has 0 atom stereocenters. The largest absolute Gasteiger partial charge is 0.426 e. The molecular weight excluding hydrogens is 176 g/mol. The highest BCUT2D eigenvalue weighted by atomic mass is 16.5. The Hall–Kier alpha value is -1.75. The van der Waals surface area contributed by atoms with E-state index in [1.54, 1.807) is 12.1 Å². The lowest BCUT2D eigenvalue weighted by molar-refractivity contribution is -0.133. The van der Waals surface area contributed by atoms with Crippen LogP contribution in [-0.4, -0.2) is 5.97 Å². The predicted molar refractivity (Wildman–Crippen MR) is 54.4 cm³/mol. The average Bonchev–Trinajstić information content (AvgIpc) is 2.20. The van der Waals surface area contributed by atoms with Crippen molar-refractivity contribution in [1.29, 1.82) is 0 Å². The molecule has 1 rings (SSSR count). The SMILES string of the molecule is [CH2]CC#CCC(=O)Oc1ccccc1. The van der Waals surface area contributed by atoms with Gasteiger partial charge in [-0.2, -0.15) is 0 Å². The topological polar surface area (TPSA) is 26.3 Å². The summed E-state index contributed by atoms with van der Waals surface area (Å²) >= 11 is 0. The van der Waals surface area contributed by atoms with E-state index in [-0.39, 0.29) is 12.4 Å². The van der Waals surface area contributed by atoms with Crippen molar-refractivity contribution in [2.45, 2.75) is 12.8 Å². The third-order valence-corrected chi connectivity index (χ3v) is 1.46. The van der Waals surface area contributed by atoms with Gasteiger partial charge in [-0.1, -0.05) is 24.1 Å². The highest BCUT2D eigenvalue weighted by Gasteiger charge is 2.00. The van der Waals surface area contributed by atoms with Crippen LogP contribution in [0.3, 0.4) is 0 Å². The van der Waals surface area contributed by atoms with Crippen molar-refractivity contribution in [3.8, 4) is 17.6 Å². The predicted octanol–water partition coefficient (Wildman–Crippen LogP) is 2.21. The fourth-order valence-electron chi connectivity index (χ4n) is 0.879. The molecule has 0 amide bonds. The van der Waals surface area contributed by atoms with E-state index in [4.69, 9.17) is 4.74 Å². The van der Waals surface area contributed by atoms with Crippen LogP contribution in [0.2, 0.25) is 0 Å². The van der Waals surface area contributed by atoms with Gasteiger partial charge < -0.3 is 4.74 Å². The molecule has 2 nitrogen and oxygen atoms in total. The number of carbonyl (C=O) groups excluding carboxylic acids is 1. The van der Waals surface area contributed by atoms with Crippen molar-refractivity contribution in [1.82, 2.24) is 0 Å². The quantitative estimate of drug-likeness (QED) is 0.403. The van der Waals surface area contributed by atoms with E-state index in [2.05, 4.69) is 18.8 Å². The van der Waals surface area contributed by atoms with Gasteiger partial charge in [0.15, 0.2) is 0 Å². The first kappa shape index (κ1) is 10.3. The molecule has 0 heterocycles. The lowest BCUT2D eigenvalue weighted by Crippen LogP contribution is -2.05. The summed E-state index contributed by atoms with van der Waals surface area (Å²) in [6.07, 6.45) is 0.628. The number of hydrogen-bond donors (Lipinski definition) is 0. The van der Waals surface area contributed by atoms with E-state index < -0.39 is 0 Å². The Labute approximate surface area is 83.9 Å². The maximum absolute atomic E-state index is 11.1. The summed E-state index contributed by atoms with van der Waals surface area (Å²) in [5, 5.41) is 0. The number of ether oxygens (including phenoxy) is 1. The minimum atomic E-state index is -0.336. The molecule has 0 aromatic heterocycles. The summed E-state index contributed by atoms with van der Waals surface area (Å²) in [6, 6.07) is 8.94. The number of para-hydroxylation sites is 1. The molecule has 0 aliphatic heterocycles. The minimum Gasteiger partial charge on any atom is -0.426 e. The molecule has 0 spiro atoms. The zero-order chi connectivity index (χ0) is 10.2. The molecule has 1 aromatic carbocycles. The maximum Gasteiger partial charge on any atom is 0.323 e. The van der Waals surface area contributed by atoms with Crippen LogP contribution in [0.5, 0.6) is 5.75 Å². The fraction of sp³-hybridized carbons (Fsp3) is 0.167. The van der Waals surface area contributed by atoms with Crippen molar-refractivity contribution in [2.75, 3.05) is 0 Å². The molecule has 1 aromatic rings. The van der Waals surface area contributed by atoms with Crippen LogP contribution in [0.4, 0.5) is 0 Å². The second-order valence-corrected chi connectivity index (χ2v) is 2.57. The molecule has 0 bridgehead atoms. The molecule has 1 radical (unpaired) electrons. The Morgan fingerprint density at radius 1 is 1.29 bits per heavy atom. The molecule has 0 fully saturated rings. The first-order valence-electron chi connectivity index (χ1n) is 4.33. The van der Waals surface area contributed by atoms with Gasteiger partial charge in [0.1, 0.15) is 12.2 Å². The average molecular weight is 187 g/mol. The summed E-state index contributed by atoms with van der Waals surface area (Å²) in [4.78, 5) is 11.1. The van der Waals surface area contributed by atoms with E-state index in [1.807, 2.05) is 18.2 Å². The summed E-state index contributed by atoms with van der Waals surface area (Å²) < 4.78 is 5.00. The number of benzene rings is 1. The molecule has 14 heavy (non-hydrogen) atoms. The maximum atomic E-state index is 11.1. The van der Waals surface area contributed by atoms with Crippen molar-refractivity contribution in [3.05, 3.63) is 37.3 Å². The van der Waals surface area contributed by atoms with Crippen LogP contribution < -0.4 is 4.74 Å². The highest BCUT2D eigenvalue weighted by molar-refractivity contribution is 5.74. The normalized spacial score (nSPS) is 8.64. The van der Waals surface area contributed by atoms with Crippen LogP contribution in [0, 0.1) is 18.8 Å². The van der Waals surface area contributed by atoms with Crippen molar-refractivity contribution < 1.29 is 9.53 Å². The van der Waals surface area contributed by atoms with Crippen LogP contribution in [0.15, 0.2) is 30.3 Å². The van der Waals surface area contributed by atoms with Gasteiger partial charge in [0.2, 0.25) is 0 Å². The number of rotatable bonds is 2. The number of carbonyl (C=O) groups is 1. The Morgan fingerprint density at radius 2 is 2.00 bits per heavy atom. The van der Waals surface area contributed by atoms with Crippen LogP contribution in [0.1, 0.15) is 12.8 Å². The second-order valence-electron chi connectivity index (χ2n) is 2.57. The highest BCUT2D eigenvalue weighted by Crippen LogP contribution is 2.08. The molecule has 0 N–H and O–H groups in total. The summed E-state index contributed by atoms with van der Waals surface area (Å²) in [5.41, 5.74) is 0. The zero-order valence-corrected chi connectivity index (χ0v) is 7.82. The van der Waals surface area contributed by atoms with E-state index in [9.17, 15) is 4.79 Å². The third kappa shape index (κ3) is 3.77. The Balaban J connectivity index is 2.42. The monoisotopic (exact) mass is 187 g/mol. The lowest BCUT2D eigenvalue weighted by atomic mass is 10.3. The second kappa shape index (κ2) is 5.82. The van der Waals surface area contributed by atoms with Crippen molar-refractivity contribution in [3.63, 3.8) is 0 Å². The summed E-state index contributed by atoms with van der Waals surface area (Å²) in [7, 11) is 0. The molecule has 2 heteroatoms. The van der Waals surface area contributed by atoms with Gasteiger partial charge in [0, 0.05) is 6.42 Å². The molecule has 71 valence electrons. The van der Waals surface area contributed by atoms with Gasteiger partial charge >= 0.3 is 5.97 Å². The zero-order valence-electron chi connectivity index (χ0n) is 7.82. The minimum absolute atomic E-state index is 0.115. The van der Waals surface area contributed by atoms with Crippen LogP contribution >= 0.6 is 0 Å². The molecule has 0 aliphatic carbocycles. The summed E-state index contributed by atoms with van der Waals surface area (Å²) in [6.45, 7) is 3.54. The lowest BCUT2D eigenvalue weighted by Gasteiger charge is -1.99. The molecule has 0 saturated carbocycles. The fourth-order valence-corrected chi connectivity index (χ4v) is 0.879. The Bertz CT molecular complexity index is 344. The molecular formula is C12H11O2. The van der Waals surface area contributed by atoms with Crippen molar-refractivity contribution >= 4 is 5.97 Å². The summed E-state index contributed by atoms with van der Waals surface area (Å²) in [5.74, 6) is 5.58. The smallest absolute Gasteiger partial charge is 0.323 e. The van der Waals surface area contributed by atoms with E-state index in [0.717, 1.165) is 0 Å². The van der Waals surface area contributed by atoms with Crippen LogP contribution in [-0.2, 0) is 4.79 Å². The van der Waals surface area contributed by atoms with Crippen molar-refractivity contribution in [2.24, 2.45) is 0 Å². The van der Waals surface area contributed by atoms with Crippen LogP contribution in [0.25, 0.3) is 0 Å². The first-order valence-corrected chi connectivity index (χ1v) is 4.33. The molecule has 0 unspecified atom stereocenters. The van der Waals surface area contributed by atoms with Gasteiger partial charge in [0.25, 0.3) is 0 Å². The standard InChI is InChI=1S/C12H11O2/c1-2-3-5-10-12(13)14-11-8-6-4-7-9-11/h4,6-9H,1-2,10H2. The first-order chi connectivity index (χ1) is 6.83.